The van der Waals surface area contributed by atoms with Crippen LogP contribution in [-0.4, -0.2) is 17.6 Å². The Morgan fingerprint density at radius 1 is 0.857 bits per heavy atom. The number of alkyl halides is 3. The molecule has 0 aliphatic carbocycles. The summed E-state index contributed by atoms with van der Waals surface area (Å²) in [4.78, 5) is 0. The van der Waals surface area contributed by atoms with Crippen LogP contribution >= 0.6 is 34.8 Å². The van der Waals surface area contributed by atoms with Gasteiger partial charge in [-0.25, -0.2) is 0 Å². The Labute approximate surface area is 58.7 Å². The summed E-state index contributed by atoms with van der Waals surface area (Å²) < 4.78 is 0. The Bertz CT molecular complexity index is 28.4. The maximum absolute atomic E-state index is 5.36. The molecule has 0 rings (SSSR count). The molecule has 0 heterocycles. The van der Waals surface area contributed by atoms with Crippen LogP contribution < -0.4 is 0 Å². The molecule has 0 bridgehead atoms. The van der Waals surface area contributed by atoms with Crippen molar-refractivity contribution in [2.45, 2.75) is 0 Å². The minimum Gasteiger partial charge on any atom is -0.126 e. The van der Waals surface area contributed by atoms with Crippen LogP contribution in [0.3, 0.4) is 0 Å². The SMILES string of the molecule is ClC[C](CCl)CCl. The number of halogens is 3. The van der Waals surface area contributed by atoms with Crippen LogP contribution in [-0.2, 0) is 0 Å². The molecule has 7 heavy (non-hydrogen) atoms. The summed E-state index contributed by atoms with van der Waals surface area (Å²) in [5, 5.41) is 0. The lowest BCUT2D eigenvalue weighted by Crippen LogP contribution is -2.01. The van der Waals surface area contributed by atoms with Crippen LogP contribution in [0.1, 0.15) is 0 Å². The Kier molecular flexibility index (Phi) is 5.64. The highest BCUT2D eigenvalue weighted by Gasteiger charge is 2.01. The predicted molar refractivity (Wildman–Crippen MR) is 35.4 cm³/mol. The van der Waals surface area contributed by atoms with E-state index in [9.17, 15) is 0 Å². The molecular formula is C4H6Cl3. The van der Waals surface area contributed by atoms with E-state index in [1.165, 1.54) is 0 Å². The summed E-state index contributed by atoms with van der Waals surface area (Å²) in [5.74, 6) is 2.41. The van der Waals surface area contributed by atoms with Gasteiger partial charge in [-0.15, -0.1) is 34.8 Å². The fraction of sp³-hybridized carbons (Fsp3) is 0.750. The van der Waals surface area contributed by atoms with Crippen molar-refractivity contribution in [3.63, 3.8) is 0 Å². The first-order valence-electron chi connectivity index (χ1n) is 1.86. The smallest absolute Gasteiger partial charge is 0.0309 e. The van der Waals surface area contributed by atoms with Crippen LogP contribution in [0.15, 0.2) is 0 Å². The molecule has 0 fully saturated rings. The van der Waals surface area contributed by atoms with Gasteiger partial charge in [-0.3, -0.25) is 0 Å². The lowest BCUT2D eigenvalue weighted by Gasteiger charge is -1.99. The third kappa shape index (κ3) is 3.45. The van der Waals surface area contributed by atoms with E-state index in [0.29, 0.717) is 17.6 Å². The predicted octanol–water partition coefficient (Wildman–Crippen LogP) is 2.28. The average Bonchev–Trinajstić information content (AvgIpc) is 1.72. The topological polar surface area (TPSA) is 0 Å². The number of rotatable bonds is 3. The largest absolute Gasteiger partial charge is 0.126 e. The fourth-order valence-electron chi connectivity index (χ4n) is 0.107. The summed E-state index contributed by atoms with van der Waals surface area (Å²) >= 11 is 16.1. The summed E-state index contributed by atoms with van der Waals surface area (Å²) in [5.41, 5.74) is 0. The molecule has 0 amide bonds. The summed E-state index contributed by atoms with van der Waals surface area (Å²) in [6.45, 7) is 0. The van der Waals surface area contributed by atoms with Crippen molar-refractivity contribution in [1.82, 2.24) is 0 Å². The van der Waals surface area contributed by atoms with Gasteiger partial charge >= 0.3 is 0 Å². The molecule has 1 radical (unpaired) electrons. The van der Waals surface area contributed by atoms with Gasteiger partial charge in [0.05, 0.1) is 0 Å². The van der Waals surface area contributed by atoms with E-state index in [1.807, 2.05) is 0 Å². The second-order valence-corrected chi connectivity index (χ2v) is 1.95. The molecule has 0 spiro atoms. The first kappa shape index (κ1) is 7.87. The van der Waals surface area contributed by atoms with E-state index in [1.54, 1.807) is 0 Å². The van der Waals surface area contributed by atoms with Crippen molar-refractivity contribution in [1.29, 1.82) is 0 Å². The van der Waals surface area contributed by atoms with E-state index < -0.39 is 0 Å². The zero-order chi connectivity index (χ0) is 5.70. The summed E-state index contributed by atoms with van der Waals surface area (Å²) in [7, 11) is 0. The Balaban J connectivity index is 2.99. The standard InChI is InChI=1S/C4H6Cl3/c5-1-4(2-6)3-7/h1-3H2. The Morgan fingerprint density at radius 3 is 1.14 bits per heavy atom. The molecule has 0 atom stereocenters. The molecule has 43 valence electrons. The van der Waals surface area contributed by atoms with Gasteiger partial charge in [0.15, 0.2) is 0 Å². The Hall–Kier alpha value is 0.870. The second kappa shape index (κ2) is 5.02. The van der Waals surface area contributed by atoms with E-state index in [4.69, 9.17) is 34.8 Å². The van der Waals surface area contributed by atoms with Crippen molar-refractivity contribution in [3.05, 3.63) is 5.92 Å². The third-order valence-corrected chi connectivity index (χ3v) is 1.70. The van der Waals surface area contributed by atoms with Crippen molar-refractivity contribution in [2.24, 2.45) is 0 Å². The van der Waals surface area contributed by atoms with Crippen molar-refractivity contribution >= 4 is 34.8 Å². The molecule has 0 N–H and O–H groups in total. The van der Waals surface area contributed by atoms with E-state index in [0.717, 1.165) is 5.92 Å². The van der Waals surface area contributed by atoms with E-state index >= 15 is 0 Å². The van der Waals surface area contributed by atoms with Gasteiger partial charge in [0, 0.05) is 23.6 Å². The first-order chi connectivity index (χ1) is 3.35. The van der Waals surface area contributed by atoms with Gasteiger partial charge in [0.1, 0.15) is 0 Å². The third-order valence-electron chi connectivity index (χ3n) is 0.567. The highest BCUT2D eigenvalue weighted by atomic mass is 35.5. The van der Waals surface area contributed by atoms with Gasteiger partial charge in [-0.05, 0) is 0 Å². The van der Waals surface area contributed by atoms with Crippen molar-refractivity contribution < 1.29 is 0 Å². The van der Waals surface area contributed by atoms with Gasteiger partial charge in [0.25, 0.3) is 0 Å². The lowest BCUT2D eigenvalue weighted by molar-refractivity contribution is 1.13. The van der Waals surface area contributed by atoms with Crippen molar-refractivity contribution in [2.75, 3.05) is 17.6 Å². The van der Waals surface area contributed by atoms with E-state index in [-0.39, 0.29) is 0 Å². The second-order valence-electron chi connectivity index (χ2n) is 1.15. The van der Waals surface area contributed by atoms with Crippen LogP contribution in [0.4, 0.5) is 0 Å². The maximum Gasteiger partial charge on any atom is 0.0309 e. The molecule has 0 saturated carbocycles. The van der Waals surface area contributed by atoms with Crippen LogP contribution in [0.2, 0.25) is 0 Å². The molecule has 3 heteroatoms. The molecular weight excluding hydrogens is 154 g/mol. The normalized spacial score (nSPS) is 10.3. The highest BCUT2D eigenvalue weighted by Crippen LogP contribution is 2.06. The van der Waals surface area contributed by atoms with Gasteiger partial charge in [0.2, 0.25) is 0 Å². The van der Waals surface area contributed by atoms with Gasteiger partial charge in [-0.2, -0.15) is 0 Å². The van der Waals surface area contributed by atoms with Gasteiger partial charge in [-0.1, -0.05) is 0 Å². The lowest BCUT2D eigenvalue weighted by atomic mass is 10.3. The molecule has 0 aromatic carbocycles. The molecule has 0 aliphatic rings. The molecule has 0 aromatic heterocycles. The van der Waals surface area contributed by atoms with Crippen LogP contribution in [0, 0.1) is 5.92 Å². The fourth-order valence-corrected chi connectivity index (χ4v) is 0.964. The molecule has 0 nitrogen and oxygen atoms in total. The quantitative estimate of drug-likeness (QED) is 0.556. The molecule has 0 saturated heterocycles. The molecule has 0 aliphatic heterocycles. The van der Waals surface area contributed by atoms with Gasteiger partial charge < -0.3 is 0 Å². The molecule has 0 aromatic rings. The molecule has 0 unspecified atom stereocenters. The minimum absolute atomic E-state index is 0.479. The first-order valence-corrected chi connectivity index (χ1v) is 3.47. The van der Waals surface area contributed by atoms with E-state index in [2.05, 4.69) is 0 Å². The highest BCUT2D eigenvalue weighted by molar-refractivity contribution is 6.26. The Morgan fingerprint density at radius 2 is 1.14 bits per heavy atom. The monoisotopic (exact) mass is 159 g/mol. The summed E-state index contributed by atoms with van der Waals surface area (Å²) in [6, 6.07) is 0. The minimum atomic E-state index is 0.479. The number of hydrogen-bond donors (Lipinski definition) is 0. The zero-order valence-corrected chi connectivity index (χ0v) is 6.02. The van der Waals surface area contributed by atoms with Crippen molar-refractivity contribution in [3.8, 4) is 0 Å². The number of hydrogen-bond acceptors (Lipinski definition) is 0. The van der Waals surface area contributed by atoms with Crippen LogP contribution in [0.25, 0.3) is 0 Å². The van der Waals surface area contributed by atoms with Crippen LogP contribution in [0.5, 0.6) is 0 Å². The average molecular weight is 160 g/mol. The maximum atomic E-state index is 5.36. The summed E-state index contributed by atoms with van der Waals surface area (Å²) in [6.07, 6.45) is 0. The zero-order valence-electron chi connectivity index (χ0n) is 3.76.